The van der Waals surface area contributed by atoms with Gasteiger partial charge in [0, 0.05) is 5.56 Å². The number of primary sulfonamides is 1. The van der Waals surface area contributed by atoms with Crippen LogP contribution in [0.1, 0.15) is 11.3 Å². The lowest BCUT2D eigenvalue weighted by Crippen LogP contribution is -2.11. The SMILES string of the molecule is COc1ccc(-c2ccc3ccc(CCc4ccc(S(N)(=O)=O)cc4)nn23)cc1OC. The summed E-state index contributed by atoms with van der Waals surface area (Å²) in [5.41, 5.74) is 4.87. The summed E-state index contributed by atoms with van der Waals surface area (Å²) in [6, 6.07) is 20.5. The van der Waals surface area contributed by atoms with Crippen LogP contribution in [0.4, 0.5) is 0 Å². The molecule has 0 saturated carbocycles. The van der Waals surface area contributed by atoms with Crippen molar-refractivity contribution in [2.45, 2.75) is 17.7 Å². The van der Waals surface area contributed by atoms with Gasteiger partial charge < -0.3 is 9.47 Å². The molecule has 2 N–H and O–H groups in total. The average molecular weight is 438 g/mol. The third-order valence-electron chi connectivity index (χ3n) is 5.16. The molecular weight excluding hydrogens is 414 g/mol. The number of aromatic nitrogens is 2. The summed E-state index contributed by atoms with van der Waals surface area (Å²) in [7, 11) is -0.451. The number of hydrogen-bond donors (Lipinski definition) is 1. The van der Waals surface area contributed by atoms with Crippen LogP contribution < -0.4 is 14.6 Å². The Balaban J connectivity index is 1.59. The molecule has 0 unspecified atom stereocenters. The van der Waals surface area contributed by atoms with Gasteiger partial charge in [0.15, 0.2) is 11.5 Å². The summed E-state index contributed by atoms with van der Waals surface area (Å²) in [6.07, 6.45) is 1.45. The molecule has 0 radical (unpaired) electrons. The molecule has 160 valence electrons. The van der Waals surface area contributed by atoms with E-state index in [0.29, 0.717) is 17.9 Å². The highest BCUT2D eigenvalue weighted by Gasteiger charge is 2.11. The second kappa shape index (κ2) is 8.41. The van der Waals surface area contributed by atoms with E-state index < -0.39 is 10.0 Å². The third-order valence-corrected chi connectivity index (χ3v) is 6.09. The van der Waals surface area contributed by atoms with E-state index in [0.717, 1.165) is 34.5 Å². The standard InChI is InChI=1S/C23H23N3O4S/c1-29-22-14-6-17(15-23(22)30-2)21-13-10-19-9-8-18(25-26(19)21)7-3-16-4-11-20(12-5-16)31(24,27)28/h4-6,8-15H,3,7H2,1-2H3,(H2,24,27,28). The maximum atomic E-state index is 11.4. The summed E-state index contributed by atoms with van der Waals surface area (Å²) in [5, 5.41) is 9.97. The molecule has 0 saturated heterocycles. The first kappa shape index (κ1) is 20.9. The molecule has 0 amide bonds. The predicted molar refractivity (Wildman–Crippen MR) is 119 cm³/mol. The highest BCUT2D eigenvalue weighted by Crippen LogP contribution is 2.32. The number of nitrogens with zero attached hydrogens (tertiary/aromatic N) is 2. The molecule has 0 aliphatic heterocycles. The van der Waals surface area contributed by atoms with Crippen LogP contribution in [0.5, 0.6) is 11.5 Å². The van der Waals surface area contributed by atoms with Crippen LogP contribution in [0.3, 0.4) is 0 Å². The van der Waals surface area contributed by atoms with E-state index in [9.17, 15) is 8.42 Å². The summed E-state index contributed by atoms with van der Waals surface area (Å²) in [5.74, 6) is 1.34. The van der Waals surface area contributed by atoms with Gasteiger partial charge in [0.2, 0.25) is 10.0 Å². The van der Waals surface area contributed by atoms with Crippen LogP contribution in [0.2, 0.25) is 0 Å². The van der Waals surface area contributed by atoms with Gasteiger partial charge in [-0.25, -0.2) is 18.1 Å². The maximum Gasteiger partial charge on any atom is 0.238 e. The molecule has 0 bridgehead atoms. The minimum absolute atomic E-state index is 0.114. The highest BCUT2D eigenvalue weighted by atomic mass is 32.2. The molecule has 0 aliphatic rings. The summed E-state index contributed by atoms with van der Waals surface area (Å²) >= 11 is 0. The molecule has 2 aromatic heterocycles. The predicted octanol–water partition coefficient (Wildman–Crippen LogP) is 3.45. The Labute approximate surface area is 181 Å². The van der Waals surface area contributed by atoms with Crippen molar-refractivity contribution < 1.29 is 17.9 Å². The molecular formula is C23H23N3O4S. The van der Waals surface area contributed by atoms with Gasteiger partial charge in [-0.2, -0.15) is 5.10 Å². The highest BCUT2D eigenvalue weighted by molar-refractivity contribution is 7.89. The van der Waals surface area contributed by atoms with Gasteiger partial charge >= 0.3 is 0 Å². The van der Waals surface area contributed by atoms with Crippen LogP contribution in [0, 0.1) is 0 Å². The zero-order chi connectivity index (χ0) is 22.0. The first-order valence-corrected chi connectivity index (χ1v) is 11.3. The van der Waals surface area contributed by atoms with Crippen LogP contribution in [-0.2, 0) is 22.9 Å². The van der Waals surface area contributed by atoms with Gasteiger partial charge in [0.25, 0.3) is 0 Å². The van der Waals surface area contributed by atoms with Crippen molar-refractivity contribution in [3.05, 3.63) is 78.0 Å². The topological polar surface area (TPSA) is 95.9 Å². The fraction of sp³-hybridized carbons (Fsp3) is 0.174. The second-order valence-electron chi connectivity index (χ2n) is 7.14. The van der Waals surface area contributed by atoms with Crippen molar-refractivity contribution in [3.63, 3.8) is 0 Å². The number of hydrogen-bond acceptors (Lipinski definition) is 5. The van der Waals surface area contributed by atoms with E-state index in [-0.39, 0.29) is 4.90 Å². The minimum Gasteiger partial charge on any atom is -0.493 e. The van der Waals surface area contributed by atoms with E-state index in [1.165, 1.54) is 12.1 Å². The normalized spacial score (nSPS) is 11.6. The van der Waals surface area contributed by atoms with Crippen LogP contribution in [0.25, 0.3) is 16.8 Å². The molecule has 0 atom stereocenters. The van der Waals surface area contributed by atoms with Gasteiger partial charge in [0.1, 0.15) is 0 Å². The zero-order valence-electron chi connectivity index (χ0n) is 17.3. The van der Waals surface area contributed by atoms with Crippen molar-refractivity contribution >= 4 is 15.5 Å². The van der Waals surface area contributed by atoms with Gasteiger partial charge in [-0.3, -0.25) is 0 Å². The Morgan fingerprint density at radius 3 is 2.26 bits per heavy atom. The number of ether oxygens (including phenoxy) is 2. The number of rotatable bonds is 7. The number of aryl methyl sites for hydroxylation is 2. The van der Waals surface area contributed by atoms with E-state index in [4.69, 9.17) is 19.7 Å². The molecule has 8 heteroatoms. The number of benzene rings is 2. The van der Waals surface area contributed by atoms with Crippen LogP contribution >= 0.6 is 0 Å². The van der Waals surface area contributed by atoms with E-state index in [1.54, 1.807) is 26.4 Å². The molecule has 2 aromatic carbocycles. The lowest BCUT2D eigenvalue weighted by molar-refractivity contribution is 0.355. The monoisotopic (exact) mass is 437 g/mol. The summed E-state index contributed by atoms with van der Waals surface area (Å²) in [4.78, 5) is 0.114. The average Bonchev–Trinajstić information content (AvgIpc) is 3.20. The van der Waals surface area contributed by atoms with Gasteiger partial charge in [-0.15, -0.1) is 0 Å². The third kappa shape index (κ3) is 4.40. The maximum absolute atomic E-state index is 11.4. The molecule has 2 heterocycles. The Hall–Kier alpha value is -3.36. The Kier molecular flexibility index (Phi) is 5.67. The molecule has 0 spiro atoms. The van der Waals surface area contributed by atoms with E-state index in [2.05, 4.69) is 0 Å². The first-order chi connectivity index (χ1) is 14.9. The zero-order valence-corrected chi connectivity index (χ0v) is 18.1. The molecule has 4 rings (SSSR count). The quantitative estimate of drug-likeness (QED) is 0.478. The summed E-state index contributed by atoms with van der Waals surface area (Å²) < 4.78 is 35.5. The van der Waals surface area contributed by atoms with Gasteiger partial charge in [0.05, 0.1) is 36.0 Å². The first-order valence-electron chi connectivity index (χ1n) is 9.71. The smallest absolute Gasteiger partial charge is 0.238 e. The number of fused-ring (bicyclic) bond motifs is 1. The number of nitrogens with two attached hydrogens (primary N) is 1. The van der Waals surface area contributed by atoms with Crippen molar-refractivity contribution in [2.24, 2.45) is 5.14 Å². The molecule has 31 heavy (non-hydrogen) atoms. The number of methoxy groups -OCH3 is 2. The Morgan fingerprint density at radius 2 is 1.58 bits per heavy atom. The van der Waals surface area contributed by atoms with Gasteiger partial charge in [-0.05, 0) is 73.0 Å². The minimum atomic E-state index is -3.68. The van der Waals surface area contributed by atoms with E-state index >= 15 is 0 Å². The summed E-state index contributed by atoms with van der Waals surface area (Å²) in [6.45, 7) is 0. The molecule has 4 aromatic rings. The van der Waals surface area contributed by atoms with Crippen molar-refractivity contribution in [1.29, 1.82) is 0 Å². The van der Waals surface area contributed by atoms with Crippen LogP contribution in [-0.4, -0.2) is 32.3 Å². The van der Waals surface area contributed by atoms with Crippen molar-refractivity contribution in [1.82, 2.24) is 9.61 Å². The van der Waals surface area contributed by atoms with Crippen LogP contribution in [0.15, 0.2) is 71.6 Å². The molecule has 0 aliphatic carbocycles. The van der Waals surface area contributed by atoms with E-state index in [1.807, 2.05) is 47.0 Å². The number of sulfonamides is 1. The van der Waals surface area contributed by atoms with Crippen molar-refractivity contribution in [3.8, 4) is 22.8 Å². The van der Waals surface area contributed by atoms with Gasteiger partial charge in [-0.1, -0.05) is 12.1 Å². The molecule has 0 fully saturated rings. The fourth-order valence-corrected chi connectivity index (χ4v) is 4.01. The Bertz CT molecular complexity index is 1330. The van der Waals surface area contributed by atoms with Crippen molar-refractivity contribution in [2.75, 3.05) is 14.2 Å². The lowest BCUT2D eigenvalue weighted by Gasteiger charge is -2.10. The molecule has 7 nitrogen and oxygen atoms in total. The lowest BCUT2D eigenvalue weighted by atomic mass is 10.1. The Morgan fingerprint density at radius 1 is 0.871 bits per heavy atom. The fourth-order valence-electron chi connectivity index (χ4n) is 3.49. The largest absolute Gasteiger partial charge is 0.493 e. The second-order valence-corrected chi connectivity index (χ2v) is 8.70.